The summed E-state index contributed by atoms with van der Waals surface area (Å²) in [7, 11) is 0. The maximum absolute atomic E-state index is 12.5. The summed E-state index contributed by atoms with van der Waals surface area (Å²) >= 11 is 0. The second-order valence-electron chi connectivity index (χ2n) is 3.73. The molecule has 0 spiro atoms. The number of alkyl halides is 3. The molecule has 8 heteroatoms. The number of nitrogens with zero attached hydrogens (tertiary/aromatic N) is 1. The van der Waals surface area contributed by atoms with Crippen LogP contribution in [0, 0.1) is 0 Å². The van der Waals surface area contributed by atoms with E-state index >= 15 is 0 Å². The summed E-state index contributed by atoms with van der Waals surface area (Å²) in [6, 6.07) is 4.30. The van der Waals surface area contributed by atoms with E-state index < -0.39 is 17.6 Å². The maximum Gasteiger partial charge on any atom is 0.416 e. The Morgan fingerprint density at radius 2 is 2.11 bits per heavy atom. The Morgan fingerprint density at radius 3 is 2.68 bits per heavy atom. The van der Waals surface area contributed by atoms with Gasteiger partial charge in [-0.15, -0.1) is 0 Å². The number of carbonyl (C=O) groups is 1. The highest BCUT2D eigenvalue weighted by Gasteiger charge is 2.30. The lowest BCUT2D eigenvalue weighted by molar-refractivity contribution is -0.137. The average molecular weight is 270 g/mol. The minimum absolute atomic E-state index is 0.00240. The lowest BCUT2D eigenvalue weighted by atomic mass is 10.2. The minimum Gasteiger partial charge on any atom is -0.396 e. The third kappa shape index (κ3) is 2.84. The number of nitrogen functional groups attached to an aromatic ring is 1. The number of hydrogen-bond donors (Lipinski definition) is 3. The molecule has 0 unspecified atom stereocenters. The van der Waals surface area contributed by atoms with Gasteiger partial charge in [0.25, 0.3) is 5.91 Å². The molecule has 1 heterocycles. The molecule has 100 valence electrons. The normalized spacial score (nSPS) is 11.3. The summed E-state index contributed by atoms with van der Waals surface area (Å²) < 4.78 is 37.5. The van der Waals surface area contributed by atoms with Crippen LogP contribution >= 0.6 is 0 Å². The zero-order valence-electron chi connectivity index (χ0n) is 9.45. The Bertz CT molecular complexity index is 606. The smallest absolute Gasteiger partial charge is 0.396 e. The summed E-state index contributed by atoms with van der Waals surface area (Å²) in [5.74, 6) is -0.658. The van der Waals surface area contributed by atoms with E-state index in [-0.39, 0.29) is 17.1 Å². The minimum atomic E-state index is -4.46. The SMILES string of the molecule is Nc1cn[nH]c1C(=O)Nc1cccc(C(F)(F)F)c1. The maximum atomic E-state index is 12.5. The van der Waals surface area contributed by atoms with Gasteiger partial charge in [-0.25, -0.2) is 0 Å². The Morgan fingerprint density at radius 1 is 1.37 bits per heavy atom. The molecule has 19 heavy (non-hydrogen) atoms. The molecule has 0 saturated carbocycles. The highest BCUT2D eigenvalue weighted by atomic mass is 19.4. The Kier molecular flexibility index (Phi) is 3.16. The van der Waals surface area contributed by atoms with E-state index in [4.69, 9.17) is 5.73 Å². The van der Waals surface area contributed by atoms with Gasteiger partial charge in [-0.05, 0) is 18.2 Å². The van der Waals surface area contributed by atoms with Gasteiger partial charge in [0, 0.05) is 5.69 Å². The quantitative estimate of drug-likeness (QED) is 0.782. The molecular formula is C11H9F3N4O. The van der Waals surface area contributed by atoms with Gasteiger partial charge in [0.05, 0.1) is 17.4 Å². The summed E-state index contributed by atoms with van der Waals surface area (Å²) in [6.45, 7) is 0. The van der Waals surface area contributed by atoms with E-state index in [2.05, 4.69) is 15.5 Å². The predicted octanol–water partition coefficient (Wildman–Crippen LogP) is 2.26. The number of amides is 1. The van der Waals surface area contributed by atoms with Crippen LogP contribution in [0.1, 0.15) is 16.1 Å². The van der Waals surface area contributed by atoms with Crippen LogP contribution in [0.15, 0.2) is 30.5 Å². The van der Waals surface area contributed by atoms with Crippen LogP contribution in [0.4, 0.5) is 24.5 Å². The first-order chi connectivity index (χ1) is 8.88. The molecule has 0 bridgehead atoms. The predicted molar refractivity (Wildman–Crippen MR) is 62.4 cm³/mol. The lowest BCUT2D eigenvalue weighted by Crippen LogP contribution is -2.15. The molecule has 1 amide bonds. The molecule has 0 fully saturated rings. The van der Waals surface area contributed by atoms with Gasteiger partial charge < -0.3 is 11.1 Å². The number of H-pyrrole nitrogens is 1. The summed E-state index contributed by atoms with van der Waals surface area (Å²) in [6.07, 6.45) is -3.23. The fourth-order valence-corrected chi connectivity index (χ4v) is 1.44. The van der Waals surface area contributed by atoms with Crippen molar-refractivity contribution in [2.75, 3.05) is 11.1 Å². The lowest BCUT2D eigenvalue weighted by Gasteiger charge is -2.09. The molecular weight excluding hydrogens is 261 g/mol. The third-order valence-electron chi connectivity index (χ3n) is 2.34. The molecule has 0 radical (unpaired) electrons. The summed E-state index contributed by atoms with van der Waals surface area (Å²) in [5, 5.41) is 8.22. The third-order valence-corrected chi connectivity index (χ3v) is 2.34. The van der Waals surface area contributed by atoms with Crippen molar-refractivity contribution < 1.29 is 18.0 Å². The van der Waals surface area contributed by atoms with Crippen molar-refractivity contribution in [3.63, 3.8) is 0 Å². The fraction of sp³-hybridized carbons (Fsp3) is 0.0909. The zero-order valence-corrected chi connectivity index (χ0v) is 9.45. The number of rotatable bonds is 2. The topological polar surface area (TPSA) is 83.8 Å². The number of benzene rings is 1. The average Bonchev–Trinajstić information content (AvgIpc) is 2.75. The van der Waals surface area contributed by atoms with E-state index in [1.165, 1.54) is 18.3 Å². The largest absolute Gasteiger partial charge is 0.416 e. The van der Waals surface area contributed by atoms with Crippen LogP contribution in [-0.4, -0.2) is 16.1 Å². The molecule has 0 aliphatic heterocycles. The molecule has 0 aliphatic carbocycles. The number of carbonyl (C=O) groups excluding carboxylic acids is 1. The monoisotopic (exact) mass is 270 g/mol. The second-order valence-corrected chi connectivity index (χ2v) is 3.73. The molecule has 1 aromatic heterocycles. The zero-order chi connectivity index (χ0) is 14.0. The van der Waals surface area contributed by atoms with Gasteiger partial charge >= 0.3 is 6.18 Å². The van der Waals surface area contributed by atoms with Crippen molar-refractivity contribution in [3.05, 3.63) is 41.7 Å². The number of nitrogens with two attached hydrogens (primary N) is 1. The van der Waals surface area contributed by atoms with Crippen molar-refractivity contribution >= 4 is 17.3 Å². The first kappa shape index (κ1) is 12.9. The van der Waals surface area contributed by atoms with Gasteiger partial charge in [0.2, 0.25) is 0 Å². The van der Waals surface area contributed by atoms with Gasteiger partial charge in [0.1, 0.15) is 5.69 Å². The summed E-state index contributed by atoms with van der Waals surface area (Å²) in [5.41, 5.74) is 4.75. The van der Waals surface area contributed by atoms with E-state index in [9.17, 15) is 18.0 Å². The van der Waals surface area contributed by atoms with E-state index in [1.54, 1.807) is 0 Å². The molecule has 0 atom stereocenters. The summed E-state index contributed by atoms with van der Waals surface area (Å²) in [4.78, 5) is 11.7. The number of hydrogen-bond acceptors (Lipinski definition) is 3. The van der Waals surface area contributed by atoms with Crippen molar-refractivity contribution in [2.24, 2.45) is 0 Å². The van der Waals surface area contributed by atoms with Crippen LogP contribution in [0.25, 0.3) is 0 Å². The number of halogens is 3. The van der Waals surface area contributed by atoms with Crippen molar-refractivity contribution in [1.82, 2.24) is 10.2 Å². The molecule has 4 N–H and O–H groups in total. The van der Waals surface area contributed by atoms with E-state index in [0.717, 1.165) is 12.1 Å². The van der Waals surface area contributed by atoms with Crippen LogP contribution < -0.4 is 11.1 Å². The van der Waals surface area contributed by atoms with Crippen molar-refractivity contribution in [2.45, 2.75) is 6.18 Å². The van der Waals surface area contributed by atoms with Crippen LogP contribution in [0.3, 0.4) is 0 Å². The van der Waals surface area contributed by atoms with Gasteiger partial charge in [-0.1, -0.05) is 6.07 Å². The Hall–Kier alpha value is -2.51. The molecule has 1 aromatic carbocycles. The number of anilines is 2. The fourth-order valence-electron chi connectivity index (χ4n) is 1.44. The van der Waals surface area contributed by atoms with Gasteiger partial charge in [-0.3, -0.25) is 9.89 Å². The number of aromatic amines is 1. The van der Waals surface area contributed by atoms with Crippen LogP contribution in [-0.2, 0) is 6.18 Å². The highest BCUT2D eigenvalue weighted by molar-refractivity contribution is 6.06. The standard InChI is InChI=1S/C11H9F3N4O/c12-11(13,14)6-2-1-3-7(4-6)17-10(19)9-8(15)5-16-18-9/h1-5H,15H2,(H,16,18)(H,17,19). The second kappa shape index (κ2) is 4.63. The number of aromatic nitrogens is 2. The van der Waals surface area contributed by atoms with Gasteiger partial charge in [0.15, 0.2) is 0 Å². The van der Waals surface area contributed by atoms with Crippen LogP contribution in [0.5, 0.6) is 0 Å². The highest BCUT2D eigenvalue weighted by Crippen LogP contribution is 2.30. The first-order valence-electron chi connectivity index (χ1n) is 5.15. The molecule has 0 saturated heterocycles. The van der Waals surface area contributed by atoms with E-state index in [1.807, 2.05) is 0 Å². The molecule has 2 aromatic rings. The number of nitrogens with one attached hydrogen (secondary N) is 2. The first-order valence-corrected chi connectivity index (χ1v) is 5.15. The van der Waals surface area contributed by atoms with Crippen molar-refractivity contribution in [3.8, 4) is 0 Å². The Balaban J connectivity index is 2.21. The van der Waals surface area contributed by atoms with Gasteiger partial charge in [-0.2, -0.15) is 18.3 Å². The molecule has 0 aliphatic rings. The van der Waals surface area contributed by atoms with E-state index in [0.29, 0.717) is 0 Å². The van der Waals surface area contributed by atoms with Crippen LogP contribution in [0.2, 0.25) is 0 Å². The van der Waals surface area contributed by atoms with Crippen molar-refractivity contribution in [1.29, 1.82) is 0 Å². The Labute approximate surface area is 105 Å². The molecule has 5 nitrogen and oxygen atoms in total. The molecule has 2 rings (SSSR count).